The second-order valence-corrected chi connectivity index (χ2v) is 4.64. The van der Waals surface area contributed by atoms with Crippen LogP contribution in [-0.2, 0) is 12.7 Å². The van der Waals surface area contributed by atoms with E-state index < -0.39 is 11.7 Å². The summed E-state index contributed by atoms with van der Waals surface area (Å²) in [6.07, 6.45) is -4.32. The Morgan fingerprint density at radius 2 is 1.85 bits per heavy atom. The summed E-state index contributed by atoms with van der Waals surface area (Å²) in [5.74, 6) is 0. The molecule has 2 aromatic carbocycles. The fourth-order valence-corrected chi connectivity index (χ4v) is 1.88. The number of rotatable bonds is 3. The van der Waals surface area contributed by atoms with E-state index in [4.69, 9.17) is 5.73 Å². The highest BCUT2D eigenvalue weighted by atomic mass is 19.4. The van der Waals surface area contributed by atoms with Crippen molar-refractivity contribution in [1.29, 1.82) is 0 Å². The number of nitrogen functional groups attached to an aromatic ring is 1. The van der Waals surface area contributed by atoms with Crippen LogP contribution in [0, 0.1) is 6.92 Å². The smallest absolute Gasteiger partial charge is 0.397 e. The minimum absolute atomic E-state index is 0.289. The summed E-state index contributed by atoms with van der Waals surface area (Å²) < 4.78 is 37.8. The lowest BCUT2D eigenvalue weighted by Gasteiger charge is -2.12. The Balaban J connectivity index is 2.13. The molecule has 0 amide bonds. The summed E-state index contributed by atoms with van der Waals surface area (Å²) in [6.45, 7) is 2.21. The number of benzene rings is 2. The second kappa shape index (κ2) is 5.45. The first kappa shape index (κ1) is 14.2. The molecule has 0 aromatic heterocycles. The number of aryl methyl sites for hydroxylation is 1. The van der Waals surface area contributed by atoms with Gasteiger partial charge < -0.3 is 11.1 Å². The number of halogens is 3. The van der Waals surface area contributed by atoms with Crippen LogP contribution in [0.2, 0.25) is 0 Å². The van der Waals surface area contributed by atoms with Gasteiger partial charge in [-0.2, -0.15) is 13.2 Å². The standard InChI is InChI=1S/C15H15F3N2/c1-10-5-6-13(19)14(7-10)20-9-11-3-2-4-12(8-11)15(16,17)18/h2-8,20H,9,19H2,1H3. The Hall–Kier alpha value is -2.17. The van der Waals surface area contributed by atoms with E-state index in [0.29, 0.717) is 11.3 Å². The van der Waals surface area contributed by atoms with Crippen molar-refractivity contribution in [2.45, 2.75) is 19.6 Å². The molecule has 0 aliphatic rings. The van der Waals surface area contributed by atoms with Crippen molar-refractivity contribution in [3.63, 3.8) is 0 Å². The maximum absolute atomic E-state index is 12.6. The molecule has 2 rings (SSSR count). The number of nitrogens with one attached hydrogen (secondary N) is 1. The van der Waals surface area contributed by atoms with Crippen molar-refractivity contribution in [2.75, 3.05) is 11.1 Å². The van der Waals surface area contributed by atoms with E-state index in [0.717, 1.165) is 23.4 Å². The number of alkyl halides is 3. The van der Waals surface area contributed by atoms with Crippen molar-refractivity contribution in [1.82, 2.24) is 0 Å². The SMILES string of the molecule is Cc1ccc(N)c(NCc2cccc(C(F)(F)F)c2)c1. The Labute approximate surface area is 115 Å². The van der Waals surface area contributed by atoms with E-state index >= 15 is 0 Å². The van der Waals surface area contributed by atoms with Crippen molar-refractivity contribution in [3.05, 3.63) is 59.2 Å². The predicted octanol–water partition coefficient (Wildman–Crippen LogP) is 4.21. The first-order valence-corrected chi connectivity index (χ1v) is 6.12. The van der Waals surface area contributed by atoms with Crippen LogP contribution in [0.3, 0.4) is 0 Å². The molecule has 0 unspecified atom stereocenters. The van der Waals surface area contributed by atoms with Gasteiger partial charge in [-0.1, -0.05) is 18.2 Å². The van der Waals surface area contributed by atoms with Crippen LogP contribution in [0.4, 0.5) is 24.5 Å². The van der Waals surface area contributed by atoms with Gasteiger partial charge in [-0.3, -0.25) is 0 Å². The molecule has 0 atom stereocenters. The minimum Gasteiger partial charge on any atom is -0.397 e. The number of hydrogen-bond donors (Lipinski definition) is 2. The zero-order valence-corrected chi connectivity index (χ0v) is 11.0. The summed E-state index contributed by atoms with van der Waals surface area (Å²) in [5.41, 5.74) is 8.05. The third-order valence-electron chi connectivity index (χ3n) is 2.95. The van der Waals surface area contributed by atoms with Gasteiger partial charge in [-0.05, 0) is 42.3 Å². The summed E-state index contributed by atoms with van der Waals surface area (Å²) in [6, 6.07) is 10.8. The van der Waals surface area contributed by atoms with Gasteiger partial charge in [0.1, 0.15) is 0 Å². The van der Waals surface area contributed by atoms with Crippen molar-refractivity contribution in [2.24, 2.45) is 0 Å². The van der Waals surface area contributed by atoms with E-state index in [1.54, 1.807) is 12.1 Å². The highest BCUT2D eigenvalue weighted by Gasteiger charge is 2.30. The topological polar surface area (TPSA) is 38.0 Å². The molecule has 0 radical (unpaired) electrons. The molecule has 3 N–H and O–H groups in total. The Kier molecular flexibility index (Phi) is 3.88. The Morgan fingerprint density at radius 3 is 2.55 bits per heavy atom. The normalized spacial score (nSPS) is 11.4. The molecule has 2 aromatic rings. The van der Waals surface area contributed by atoms with Gasteiger partial charge in [0.05, 0.1) is 16.9 Å². The van der Waals surface area contributed by atoms with E-state index in [9.17, 15) is 13.2 Å². The first-order chi connectivity index (χ1) is 9.36. The summed E-state index contributed by atoms with van der Waals surface area (Å²) in [5, 5.41) is 3.06. The van der Waals surface area contributed by atoms with Crippen LogP contribution in [0.1, 0.15) is 16.7 Å². The predicted molar refractivity (Wildman–Crippen MR) is 74.4 cm³/mol. The largest absolute Gasteiger partial charge is 0.416 e. The van der Waals surface area contributed by atoms with Gasteiger partial charge in [0, 0.05) is 6.54 Å². The molecule has 106 valence electrons. The molecule has 0 aliphatic heterocycles. The van der Waals surface area contributed by atoms with Gasteiger partial charge in [0.15, 0.2) is 0 Å². The van der Waals surface area contributed by atoms with Crippen molar-refractivity contribution >= 4 is 11.4 Å². The van der Waals surface area contributed by atoms with Gasteiger partial charge in [-0.15, -0.1) is 0 Å². The number of nitrogens with two attached hydrogens (primary N) is 1. The second-order valence-electron chi connectivity index (χ2n) is 4.64. The van der Waals surface area contributed by atoms with Crippen LogP contribution in [0.15, 0.2) is 42.5 Å². The maximum atomic E-state index is 12.6. The van der Waals surface area contributed by atoms with Gasteiger partial charge in [0.25, 0.3) is 0 Å². The van der Waals surface area contributed by atoms with E-state index in [1.807, 2.05) is 19.1 Å². The third-order valence-corrected chi connectivity index (χ3v) is 2.95. The van der Waals surface area contributed by atoms with E-state index in [2.05, 4.69) is 5.32 Å². The third kappa shape index (κ3) is 3.44. The molecule has 0 bridgehead atoms. The fraction of sp³-hybridized carbons (Fsp3) is 0.200. The molecule has 0 saturated heterocycles. The average molecular weight is 280 g/mol. The minimum atomic E-state index is -4.32. The molecule has 0 heterocycles. The lowest BCUT2D eigenvalue weighted by Crippen LogP contribution is -2.07. The summed E-state index contributed by atoms with van der Waals surface area (Å²) >= 11 is 0. The van der Waals surface area contributed by atoms with Crippen LogP contribution in [0.25, 0.3) is 0 Å². The lowest BCUT2D eigenvalue weighted by atomic mass is 10.1. The van der Waals surface area contributed by atoms with Crippen LogP contribution in [0.5, 0.6) is 0 Å². The lowest BCUT2D eigenvalue weighted by molar-refractivity contribution is -0.137. The summed E-state index contributed by atoms with van der Waals surface area (Å²) in [7, 11) is 0. The van der Waals surface area contributed by atoms with Gasteiger partial charge in [-0.25, -0.2) is 0 Å². The highest BCUT2D eigenvalue weighted by Crippen LogP contribution is 2.29. The molecule has 0 saturated carbocycles. The highest BCUT2D eigenvalue weighted by molar-refractivity contribution is 5.67. The quantitative estimate of drug-likeness (QED) is 0.827. The van der Waals surface area contributed by atoms with Crippen LogP contribution >= 0.6 is 0 Å². The van der Waals surface area contributed by atoms with Crippen LogP contribution < -0.4 is 11.1 Å². The zero-order valence-electron chi connectivity index (χ0n) is 11.0. The molecule has 2 nitrogen and oxygen atoms in total. The average Bonchev–Trinajstić information content (AvgIpc) is 2.39. The first-order valence-electron chi connectivity index (χ1n) is 6.12. The molecule has 0 spiro atoms. The van der Waals surface area contributed by atoms with Crippen molar-refractivity contribution < 1.29 is 13.2 Å². The summed E-state index contributed by atoms with van der Waals surface area (Å²) in [4.78, 5) is 0. The zero-order chi connectivity index (χ0) is 14.8. The number of hydrogen-bond acceptors (Lipinski definition) is 2. The monoisotopic (exact) mass is 280 g/mol. The molecule has 0 aliphatic carbocycles. The van der Waals surface area contributed by atoms with Gasteiger partial charge in [0.2, 0.25) is 0 Å². The molecular weight excluding hydrogens is 265 g/mol. The van der Waals surface area contributed by atoms with Crippen molar-refractivity contribution in [3.8, 4) is 0 Å². The molecule has 0 fully saturated rings. The molecule has 20 heavy (non-hydrogen) atoms. The Morgan fingerprint density at radius 1 is 1.10 bits per heavy atom. The Bertz CT molecular complexity index is 606. The van der Waals surface area contributed by atoms with E-state index in [1.165, 1.54) is 6.07 Å². The fourth-order valence-electron chi connectivity index (χ4n) is 1.88. The van der Waals surface area contributed by atoms with E-state index in [-0.39, 0.29) is 6.54 Å². The van der Waals surface area contributed by atoms with Crippen LogP contribution in [-0.4, -0.2) is 0 Å². The molecule has 5 heteroatoms. The maximum Gasteiger partial charge on any atom is 0.416 e. The molecular formula is C15H15F3N2. The number of anilines is 2. The van der Waals surface area contributed by atoms with Gasteiger partial charge >= 0.3 is 6.18 Å².